The van der Waals surface area contributed by atoms with Crippen molar-refractivity contribution in [2.45, 2.75) is 39.0 Å². The summed E-state index contributed by atoms with van der Waals surface area (Å²) in [5.41, 5.74) is -2.11. The summed E-state index contributed by atoms with van der Waals surface area (Å²) in [5.74, 6) is -1.15. The predicted octanol–water partition coefficient (Wildman–Crippen LogP) is 2.10. The average Bonchev–Trinajstić information content (AvgIpc) is 2.79. The number of halogens is 3. The molecular weight excluding hydrogens is 303 g/mol. The highest BCUT2D eigenvalue weighted by atomic mass is 19.4. The number of hydrogen-bond donors (Lipinski definition) is 1. The van der Waals surface area contributed by atoms with Crippen molar-refractivity contribution in [1.29, 1.82) is 0 Å². The molecule has 0 aromatic carbocycles. The standard InChI is InChI=1S/C13H14F3N3O3/c1-2-4-18-7-8-9(13(14,15)16)6-10(20)19(12(8)17-18)5-3-11(21)22/h6-7H,2-5H2,1H3,(H,21,22). The van der Waals surface area contributed by atoms with Crippen molar-refractivity contribution >= 4 is 17.0 Å². The number of hydrogen-bond acceptors (Lipinski definition) is 3. The lowest BCUT2D eigenvalue weighted by Crippen LogP contribution is -2.24. The fraction of sp³-hybridized carbons (Fsp3) is 0.462. The quantitative estimate of drug-likeness (QED) is 0.916. The number of aliphatic carboxylic acids is 1. The van der Waals surface area contributed by atoms with Crippen LogP contribution >= 0.6 is 0 Å². The molecule has 2 aromatic rings. The van der Waals surface area contributed by atoms with E-state index >= 15 is 0 Å². The Morgan fingerprint density at radius 1 is 1.36 bits per heavy atom. The van der Waals surface area contributed by atoms with E-state index in [1.165, 1.54) is 10.9 Å². The zero-order valence-electron chi connectivity index (χ0n) is 11.7. The molecule has 1 N–H and O–H groups in total. The third-order valence-corrected chi connectivity index (χ3v) is 3.13. The molecule has 0 amide bonds. The van der Waals surface area contributed by atoms with Gasteiger partial charge in [0.25, 0.3) is 5.56 Å². The minimum atomic E-state index is -4.68. The van der Waals surface area contributed by atoms with Gasteiger partial charge in [-0.2, -0.15) is 18.3 Å². The monoisotopic (exact) mass is 317 g/mol. The van der Waals surface area contributed by atoms with Gasteiger partial charge in [-0.3, -0.25) is 18.8 Å². The number of alkyl halides is 3. The third kappa shape index (κ3) is 3.12. The van der Waals surface area contributed by atoms with E-state index in [1.54, 1.807) is 0 Å². The molecule has 6 nitrogen and oxygen atoms in total. The Morgan fingerprint density at radius 2 is 2.05 bits per heavy atom. The first-order valence-corrected chi connectivity index (χ1v) is 6.64. The molecule has 0 saturated carbocycles. The predicted molar refractivity (Wildman–Crippen MR) is 71.5 cm³/mol. The highest BCUT2D eigenvalue weighted by molar-refractivity contribution is 5.79. The molecule has 0 unspecified atom stereocenters. The molecule has 0 spiro atoms. The highest BCUT2D eigenvalue weighted by Gasteiger charge is 2.35. The van der Waals surface area contributed by atoms with Crippen LogP contribution in [0.4, 0.5) is 13.2 Å². The Morgan fingerprint density at radius 3 is 2.59 bits per heavy atom. The highest BCUT2D eigenvalue weighted by Crippen LogP contribution is 2.33. The maximum atomic E-state index is 13.1. The van der Waals surface area contributed by atoms with Gasteiger partial charge in [0.2, 0.25) is 0 Å². The van der Waals surface area contributed by atoms with Crippen molar-refractivity contribution < 1.29 is 23.1 Å². The normalized spacial score (nSPS) is 12.0. The van der Waals surface area contributed by atoms with Crippen LogP contribution in [0, 0.1) is 0 Å². The minimum Gasteiger partial charge on any atom is -0.481 e. The number of carbonyl (C=O) groups is 1. The van der Waals surface area contributed by atoms with Crippen LogP contribution in [0.3, 0.4) is 0 Å². The van der Waals surface area contributed by atoms with E-state index in [1.807, 2.05) is 6.92 Å². The Labute approximate surface area is 122 Å². The first-order valence-electron chi connectivity index (χ1n) is 6.64. The van der Waals surface area contributed by atoms with Crippen LogP contribution in [0.5, 0.6) is 0 Å². The lowest BCUT2D eigenvalue weighted by Gasteiger charge is -2.10. The molecule has 22 heavy (non-hydrogen) atoms. The second-order valence-electron chi connectivity index (χ2n) is 4.82. The van der Waals surface area contributed by atoms with Crippen LogP contribution in [0.1, 0.15) is 25.3 Å². The SMILES string of the molecule is CCCn1cc2c(C(F)(F)F)cc(=O)n(CCC(=O)O)c2n1. The van der Waals surface area contributed by atoms with Crippen LogP contribution in [0.2, 0.25) is 0 Å². The van der Waals surface area contributed by atoms with Crippen molar-refractivity contribution in [1.82, 2.24) is 14.3 Å². The van der Waals surface area contributed by atoms with E-state index in [9.17, 15) is 22.8 Å². The van der Waals surface area contributed by atoms with Gasteiger partial charge >= 0.3 is 12.1 Å². The fourth-order valence-electron chi connectivity index (χ4n) is 2.19. The Balaban J connectivity index is 2.68. The van der Waals surface area contributed by atoms with Crippen LogP contribution in [0.15, 0.2) is 17.1 Å². The lowest BCUT2D eigenvalue weighted by atomic mass is 10.2. The van der Waals surface area contributed by atoms with Crippen LogP contribution in [0.25, 0.3) is 11.0 Å². The average molecular weight is 317 g/mol. The third-order valence-electron chi connectivity index (χ3n) is 3.13. The number of pyridine rings is 1. The molecule has 0 saturated heterocycles. The van der Waals surface area contributed by atoms with Gasteiger partial charge in [-0.05, 0) is 6.42 Å². The summed E-state index contributed by atoms with van der Waals surface area (Å²) in [7, 11) is 0. The van der Waals surface area contributed by atoms with Crippen LogP contribution < -0.4 is 5.56 Å². The summed E-state index contributed by atoms with van der Waals surface area (Å²) >= 11 is 0. The molecular formula is C13H14F3N3O3. The summed E-state index contributed by atoms with van der Waals surface area (Å²) in [6, 6.07) is 0.488. The maximum Gasteiger partial charge on any atom is 0.417 e. The zero-order chi connectivity index (χ0) is 16.5. The molecule has 0 fully saturated rings. The van der Waals surface area contributed by atoms with E-state index in [4.69, 9.17) is 5.11 Å². The van der Waals surface area contributed by atoms with Crippen molar-refractivity contribution in [3.8, 4) is 0 Å². The molecule has 9 heteroatoms. The van der Waals surface area contributed by atoms with Crippen molar-refractivity contribution in [2.75, 3.05) is 0 Å². The van der Waals surface area contributed by atoms with E-state index < -0.39 is 23.3 Å². The van der Waals surface area contributed by atoms with Gasteiger partial charge in [-0.1, -0.05) is 6.92 Å². The van der Waals surface area contributed by atoms with Crippen LogP contribution in [-0.4, -0.2) is 25.4 Å². The zero-order valence-corrected chi connectivity index (χ0v) is 11.7. The number of rotatable bonds is 5. The fourth-order valence-corrected chi connectivity index (χ4v) is 2.19. The number of carboxylic acid groups (broad SMARTS) is 1. The number of fused-ring (bicyclic) bond motifs is 1. The molecule has 0 atom stereocenters. The molecule has 0 aliphatic carbocycles. The first-order chi connectivity index (χ1) is 10.2. The van der Waals surface area contributed by atoms with E-state index in [2.05, 4.69) is 5.10 Å². The van der Waals surface area contributed by atoms with Gasteiger partial charge in [0.1, 0.15) is 0 Å². The lowest BCUT2D eigenvalue weighted by molar-refractivity contribution is -0.138. The summed E-state index contributed by atoms with van der Waals surface area (Å²) in [6.45, 7) is 2.01. The van der Waals surface area contributed by atoms with Gasteiger partial charge < -0.3 is 5.11 Å². The van der Waals surface area contributed by atoms with Crippen molar-refractivity contribution in [2.24, 2.45) is 0 Å². The molecule has 120 valence electrons. The molecule has 0 radical (unpaired) electrons. The molecule has 0 bridgehead atoms. The largest absolute Gasteiger partial charge is 0.481 e. The summed E-state index contributed by atoms with van der Waals surface area (Å²) in [6.07, 6.45) is -3.16. The second kappa shape index (κ2) is 5.82. The number of aryl methyl sites for hydroxylation is 2. The van der Waals surface area contributed by atoms with Crippen molar-refractivity contribution in [3.63, 3.8) is 0 Å². The minimum absolute atomic E-state index is 0.144. The Bertz CT molecular complexity index is 761. The maximum absolute atomic E-state index is 13.1. The van der Waals surface area contributed by atoms with Gasteiger partial charge in [0.15, 0.2) is 5.65 Å². The molecule has 2 heterocycles. The summed E-state index contributed by atoms with van der Waals surface area (Å²) in [5, 5.41) is 12.5. The van der Waals surface area contributed by atoms with Gasteiger partial charge in [0.05, 0.1) is 12.0 Å². The number of nitrogens with zero attached hydrogens (tertiary/aromatic N) is 3. The summed E-state index contributed by atoms with van der Waals surface area (Å²) < 4.78 is 41.5. The second-order valence-corrected chi connectivity index (χ2v) is 4.82. The van der Waals surface area contributed by atoms with E-state index in [-0.39, 0.29) is 24.0 Å². The molecule has 0 aliphatic heterocycles. The summed E-state index contributed by atoms with van der Waals surface area (Å²) in [4.78, 5) is 22.5. The Hall–Kier alpha value is -2.32. The van der Waals surface area contributed by atoms with Gasteiger partial charge in [0, 0.05) is 30.7 Å². The van der Waals surface area contributed by atoms with E-state index in [0.717, 1.165) is 4.57 Å². The molecule has 2 rings (SSSR count). The first kappa shape index (κ1) is 16.1. The van der Waals surface area contributed by atoms with Gasteiger partial charge in [-0.25, -0.2) is 0 Å². The van der Waals surface area contributed by atoms with Crippen LogP contribution in [-0.2, 0) is 24.1 Å². The Kier molecular flexibility index (Phi) is 4.25. The molecule has 2 aromatic heterocycles. The van der Waals surface area contributed by atoms with Gasteiger partial charge in [-0.15, -0.1) is 0 Å². The van der Waals surface area contributed by atoms with E-state index in [0.29, 0.717) is 19.0 Å². The number of aromatic nitrogens is 3. The smallest absolute Gasteiger partial charge is 0.417 e. The number of carboxylic acids is 1. The van der Waals surface area contributed by atoms with Crippen molar-refractivity contribution in [3.05, 3.63) is 28.2 Å². The topological polar surface area (TPSA) is 77.1 Å². The molecule has 0 aliphatic rings.